The van der Waals surface area contributed by atoms with Crippen molar-refractivity contribution < 1.29 is 0 Å². The standard InChI is InChI=1S/C93H69ClSi/c1-64-79(67-40-16-4-17-41-67)82(70-46-22-7-23-47-70)85(73-52-28-10-29-53-73)88(76-58-34-13-35-59-76)91(64)95(94,92-65(2)80(68-42-18-5-19-43-68)83(71-48-24-8-25-49-71)86(74-54-30-11-31-55-74)89(92)77-60-36-14-37-61-77)93-66(3)81(69-44-20-6-21-45-69)84(72-50-26-9-27-51-72)87(75-56-32-12-33-57-75)90(93)78-62-38-15-39-63-78/h4-63H,1-3H3. The van der Waals surface area contributed by atoms with E-state index in [1.54, 1.807) is 0 Å². The first-order valence-corrected chi connectivity index (χ1v) is 35.9. The summed E-state index contributed by atoms with van der Waals surface area (Å²) in [5.41, 5.74) is 30.2. The molecule has 0 nitrogen and oxygen atoms in total. The molecule has 452 valence electrons. The molecular formula is C93H69ClSi. The molecule has 95 heavy (non-hydrogen) atoms. The van der Waals surface area contributed by atoms with Gasteiger partial charge in [-0.1, -0.05) is 364 Å². The van der Waals surface area contributed by atoms with E-state index >= 15 is 0 Å². The van der Waals surface area contributed by atoms with E-state index in [9.17, 15) is 11.1 Å². The van der Waals surface area contributed by atoms with E-state index in [1.807, 2.05) is 0 Å². The van der Waals surface area contributed by atoms with Crippen LogP contribution in [0.25, 0.3) is 134 Å². The lowest BCUT2D eigenvalue weighted by molar-refractivity contribution is 1.44. The van der Waals surface area contributed by atoms with E-state index in [4.69, 9.17) is 0 Å². The molecule has 0 atom stereocenters. The van der Waals surface area contributed by atoms with Crippen molar-refractivity contribution in [2.75, 3.05) is 0 Å². The summed E-state index contributed by atoms with van der Waals surface area (Å²) in [5, 5.41) is 3.37. The molecular weight excluding hydrogens is 1180 g/mol. The smallest absolute Gasteiger partial charge is 0.149 e. The van der Waals surface area contributed by atoms with Gasteiger partial charge in [0.25, 0.3) is 7.38 Å². The molecule has 0 radical (unpaired) electrons. The molecule has 15 rings (SSSR count). The Labute approximate surface area is 565 Å². The first kappa shape index (κ1) is 60.1. The van der Waals surface area contributed by atoms with E-state index < -0.39 is 7.38 Å². The molecule has 0 unspecified atom stereocenters. The highest BCUT2D eigenvalue weighted by molar-refractivity contribution is 7.42. The normalized spacial score (nSPS) is 11.4. The number of hydrogen-bond acceptors (Lipinski definition) is 0. The van der Waals surface area contributed by atoms with Gasteiger partial charge < -0.3 is 0 Å². The van der Waals surface area contributed by atoms with Crippen LogP contribution in [-0.2, 0) is 0 Å². The maximum absolute atomic E-state index is 10.8. The minimum atomic E-state index is -4.58. The van der Waals surface area contributed by atoms with Crippen molar-refractivity contribution in [3.8, 4) is 134 Å². The number of benzene rings is 15. The summed E-state index contributed by atoms with van der Waals surface area (Å²) in [6, 6.07) is 134. The molecule has 0 aromatic heterocycles. The second-order valence-corrected chi connectivity index (χ2v) is 29.1. The van der Waals surface area contributed by atoms with Crippen LogP contribution >= 0.6 is 11.1 Å². The van der Waals surface area contributed by atoms with Crippen LogP contribution in [-0.4, -0.2) is 7.38 Å². The number of hydrogen-bond donors (Lipinski definition) is 0. The van der Waals surface area contributed by atoms with Gasteiger partial charge in [-0.05, 0) is 187 Å². The van der Waals surface area contributed by atoms with Gasteiger partial charge in [0.1, 0.15) is 0 Å². The molecule has 15 aromatic rings. The van der Waals surface area contributed by atoms with E-state index in [0.717, 1.165) is 166 Å². The zero-order chi connectivity index (χ0) is 64.2. The molecule has 0 N–H and O–H groups in total. The predicted octanol–water partition coefficient (Wildman–Crippen LogP) is 23.8. The SMILES string of the molecule is Cc1c(-c2ccccc2)c(-c2ccccc2)c(-c2ccccc2)c(-c2ccccc2)c1[Si](Cl)(c1c(C)c(-c2ccccc2)c(-c2ccccc2)c(-c2ccccc2)c1-c1ccccc1)c1c(C)c(-c2ccccc2)c(-c2ccccc2)c(-c2ccccc2)c1-c1ccccc1. The van der Waals surface area contributed by atoms with Crippen LogP contribution in [0.4, 0.5) is 0 Å². The zero-order valence-electron chi connectivity index (χ0n) is 53.5. The monoisotopic (exact) mass is 1250 g/mol. The average molecular weight is 1250 g/mol. The number of rotatable bonds is 15. The first-order valence-electron chi connectivity index (χ1n) is 32.9. The summed E-state index contributed by atoms with van der Waals surface area (Å²) in [5.74, 6) is 0. The average Bonchev–Trinajstić information content (AvgIpc) is 0.680. The molecule has 2 heteroatoms. The lowest BCUT2D eigenvalue weighted by atomic mass is 9.80. The summed E-state index contributed by atoms with van der Waals surface area (Å²) >= 11 is 10.8. The van der Waals surface area contributed by atoms with Crippen molar-refractivity contribution in [3.63, 3.8) is 0 Å². The van der Waals surface area contributed by atoms with Crippen LogP contribution in [0.3, 0.4) is 0 Å². The van der Waals surface area contributed by atoms with Crippen LogP contribution in [0.5, 0.6) is 0 Å². The maximum atomic E-state index is 10.8. The van der Waals surface area contributed by atoms with E-state index in [2.05, 4.69) is 385 Å². The van der Waals surface area contributed by atoms with Gasteiger partial charge in [0.2, 0.25) is 0 Å². The number of halogens is 1. The Kier molecular flexibility index (Phi) is 16.7. The fraction of sp³-hybridized carbons (Fsp3) is 0.0323. The fourth-order valence-corrected chi connectivity index (χ4v) is 21.9. The summed E-state index contributed by atoms with van der Waals surface area (Å²) in [6.07, 6.45) is 0. The van der Waals surface area contributed by atoms with Gasteiger partial charge in [-0.3, -0.25) is 0 Å². The molecule has 0 aliphatic heterocycles. The van der Waals surface area contributed by atoms with Gasteiger partial charge in [-0.15, -0.1) is 11.1 Å². The van der Waals surface area contributed by atoms with Crippen molar-refractivity contribution >= 4 is 34.0 Å². The highest BCUT2D eigenvalue weighted by Gasteiger charge is 2.51. The molecule has 0 aliphatic carbocycles. The Morgan fingerprint density at radius 2 is 0.253 bits per heavy atom. The Hall–Kier alpha value is -11.2. The van der Waals surface area contributed by atoms with Crippen molar-refractivity contribution in [3.05, 3.63) is 381 Å². The summed E-state index contributed by atoms with van der Waals surface area (Å²) in [6.45, 7) is 7.23. The molecule has 0 heterocycles. The fourth-order valence-electron chi connectivity index (χ4n) is 15.2. The lowest BCUT2D eigenvalue weighted by Gasteiger charge is -2.41. The van der Waals surface area contributed by atoms with Gasteiger partial charge in [0.05, 0.1) is 0 Å². The highest BCUT2D eigenvalue weighted by atomic mass is 35.6. The Bertz CT molecular complexity index is 4640. The molecule has 0 spiro atoms. The quantitative estimate of drug-likeness (QED) is 0.0545. The van der Waals surface area contributed by atoms with Crippen LogP contribution < -0.4 is 15.6 Å². The molecule has 0 aliphatic rings. The van der Waals surface area contributed by atoms with E-state index in [-0.39, 0.29) is 0 Å². The third kappa shape index (κ3) is 10.9. The Balaban J connectivity index is 1.33. The summed E-state index contributed by atoms with van der Waals surface area (Å²) in [4.78, 5) is 0. The minimum Gasteiger partial charge on any atom is -0.149 e. The topological polar surface area (TPSA) is 0 Å². The highest BCUT2D eigenvalue weighted by Crippen LogP contribution is 2.54. The van der Waals surface area contributed by atoms with Crippen molar-refractivity contribution in [1.82, 2.24) is 0 Å². The first-order chi connectivity index (χ1) is 46.9. The Morgan fingerprint density at radius 3 is 0.389 bits per heavy atom. The largest absolute Gasteiger partial charge is 0.250 e. The van der Waals surface area contributed by atoms with Gasteiger partial charge in [0, 0.05) is 0 Å². The van der Waals surface area contributed by atoms with Gasteiger partial charge in [-0.25, -0.2) is 0 Å². The molecule has 0 saturated heterocycles. The third-order valence-corrected chi connectivity index (χ3v) is 24.7. The second-order valence-electron chi connectivity index (χ2n) is 24.6. The molecule has 0 fully saturated rings. The summed E-state index contributed by atoms with van der Waals surface area (Å²) in [7, 11) is -4.58. The molecule has 0 bridgehead atoms. The minimum absolute atomic E-state index is 1.08. The van der Waals surface area contributed by atoms with E-state index in [0.29, 0.717) is 0 Å². The summed E-state index contributed by atoms with van der Waals surface area (Å²) < 4.78 is 0. The van der Waals surface area contributed by atoms with Crippen LogP contribution in [0.2, 0.25) is 0 Å². The molecule has 0 amide bonds. The van der Waals surface area contributed by atoms with Gasteiger partial charge in [-0.2, -0.15) is 0 Å². The molecule has 15 aromatic carbocycles. The van der Waals surface area contributed by atoms with Gasteiger partial charge in [0.15, 0.2) is 0 Å². The van der Waals surface area contributed by atoms with Crippen LogP contribution in [0.1, 0.15) is 16.7 Å². The van der Waals surface area contributed by atoms with Crippen molar-refractivity contribution in [2.24, 2.45) is 0 Å². The second kappa shape index (κ2) is 26.4. The third-order valence-electron chi connectivity index (χ3n) is 19.0. The molecule has 0 saturated carbocycles. The lowest BCUT2D eigenvalue weighted by Crippen LogP contribution is -2.67. The zero-order valence-corrected chi connectivity index (χ0v) is 55.3. The predicted molar refractivity (Wildman–Crippen MR) is 409 cm³/mol. The van der Waals surface area contributed by atoms with Gasteiger partial charge >= 0.3 is 0 Å². The van der Waals surface area contributed by atoms with Crippen molar-refractivity contribution in [2.45, 2.75) is 20.8 Å². The van der Waals surface area contributed by atoms with Crippen LogP contribution in [0, 0.1) is 20.8 Å². The van der Waals surface area contributed by atoms with E-state index in [1.165, 1.54) is 0 Å². The van der Waals surface area contributed by atoms with Crippen molar-refractivity contribution in [1.29, 1.82) is 0 Å². The Morgan fingerprint density at radius 1 is 0.147 bits per heavy atom. The maximum Gasteiger partial charge on any atom is 0.250 e. The van der Waals surface area contributed by atoms with Crippen LogP contribution in [0.15, 0.2) is 364 Å².